The fraction of sp³-hybridized carbons (Fsp3) is 1.00. The Bertz CT molecular complexity index is 2570. The first-order valence-electron chi connectivity index (χ1n) is 49.1. The van der Waals surface area contributed by atoms with Crippen molar-refractivity contribution in [3.63, 3.8) is 0 Å². The zero-order valence-electron chi connectivity index (χ0n) is 79.7. The molecule has 0 bridgehead atoms. The minimum Gasteiger partial charge on any atom is -0.316 e. The Kier molecular flexibility index (Phi) is 33.0. The molecule has 16 rings (SSSR count). The molecular formula is C101H196N10. The third-order valence-electron chi connectivity index (χ3n) is 33.5. The van der Waals surface area contributed by atoms with E-state index >= 15 is 0 Å². The fourth-order valence-corrected chi connectivity index (χ4v) is 25.0. The molecule has 16 aliphatic rings. The zero-order valence-corrected chi connectivity index (χ0v) is 79.7. The molecular weight excluding hydrogens is 1350 g/mol. The van der Waals surface area contributed by atoms with E-state index in [1.807, 2.05) is 0 Å². The van der Waals surface area contributed by atoms with Crippen LogP contribution in [0.5, 0.6) is 0 Å². The van der Waals surface area contributed by atoms with Crippen molar-refractivity contribution in [3.05, 3.63) is 0 Å². The highest BCUT2D eigenvalue weighted by Crippen LogP contribution is 2.53. The Balaban J connectivity index is 0.000000146. The second-order valence-electron chi connectivity index (χ2n) is 50.1. The summed E-state index contributed by atoms with van der Waals surface area (Å²) >= 11 is 0. The van der Waals surface area contributed by atoms with Gasteiger partial charge in [-0.1, -0.05) is 103 Å². The van der Waals surface area contributed by atoms with Crippen LogP contribution in [0.1, 0.15) is 436 Å². The summed E-state index contributed by atoms with van der Waals surface area (Å²) in [6, 6.07) is 0. The normalized spacial score (nSPS) is 28.5. The third kappa shape index (κ3) is 27.0. The maximum atomic E-state index is 3.52. The summed E-state index contributed by atoms with van der Waals surface area (Å²) in [4.78, 5) is 21.4. The molecule has 650 valence electrons. The largest absolute Gasteiger partial charge is 0.316 e. The molecule has 0 radical (unpaired) electrons. The van der Waals surface area contributed by atoms with Crippen LogP contribution < -0.4 is 10.6 Å². The van der Waals surface area contributed by atoms with Gasteiger partial charge in [0, 0.05) is 108 Å². The second-order valence-corrected chi connectivity index (χ2v) is 50.1. The lowest BCUT2D eigenvalue weighted by Crippen LogP contribution is -2.66. The number of nitrogens with one attached hydrogen (secondary N) is 2. The summed E-state index contributed by atoms with van der Waals surface area (Å²) in [5.74, 6) is 0. The molecule has 6 aliphatic carbocycles. The lowest BCUT2D eigenvalue weighted by atomic mass is 9.63. The average molecular weight is 1550 g/mol. The van der Waals surface area contributed by atoms with Crippen molar-refractivity contribution in [2.45, 2.75) is 486 Å². The van der Waals surface area contributed by atoms with E-state index in [2.05, 4.69) is 216 Å². The Morgan fingerprint density at radius 2 is 0.432 bits per heavy atom. The van der Waals surface area contributed by atoms with Crippen molar-refractivity contribution in [3.8, 4) is 0 Å². The summed E-state index contributed by atoms with van der Waals surface area (Å²) < 4.78 is 0. The Morgan fingerprint density at radius 3 is 0.766 bits per heavy atom. The van der Waals surface area contributed by atoms with Crippen molar-refractivity contribution in [2.75, 3.05) is 124 Å². The van der Waals surface area contributed by atoms with Gasteiger partial charge in [-0.25, -0.2) is 0 Å². The van der Waals surface area contributed by atoms with E-state index in [0.29, 0.717) is 66.1 Å². The molecule has 10 saturated heterocycles. The smallest absolute Gasteiger partial charge is 0.0215 e. The first-order valence-corrected chi connectivity index (χ1v) is 49.1. The lowest BCUT2D eigenvalue weighted by molar-refractivity contribution is -0.0784. The minimum atomic E-state index is 0.369. The fourth-order valence-electron chi connectivity index (χ4n) is 25.0. The van der Waals surface area contributed by atoms with Crippen LogP contribution in [-0.2, 0) is 0 Å². The van der Waals surface area contributed by atoms with Gasteiger partial charge in [0.1, 0.15) is 0 Å². The summed E-state index contributed by atoms with van der Waals surface area (Å²) in [6.07, 6.45) is 61.9. The van der Waals surface area contributed by atoms with Crippen LogP contribution in [0, 0.1) is 37.9 Å². The van der Waals surface area contributed by atoms with Crippen LogP contribution in [-0.4, -0.2) is 213 Å². The van der Waals surface area contributed by atoms with E-state index in [9.17, 15) is 0 Å². The quantitative estimate of drug-likeness (QED) is 0.245. The van der Waals surface area contributed by atoms with Gasteiger partial charge in [-0.3, -0.25) is 39.2 Å². The number of likely N-dealkylation sites (tertiary alicyclic amines) is 8. The molecule has 0 atom stereocenters. The van der Waals surface area contributed by atoms with Gasteiger partial charge in [-0.15, -0.1) is 0 Å². The average Bonchev–Trinajstić information content (AvgIpc) is 1.75. The molecule has 10 nitrogen and oxygen atoms in total. The van der Waals surface area contributed by atoms with Gasteiger partial charge in [0.05, 0.1) is 0 Å². The van der Waals surface area contributed by atoms with Gasteiger partial charge in [0.2, 0.25) is 0 Å². The van der Waals surface area contributed by atoms with Crippen molar-refractivity contribution >= 4 is 0 Å². The van der Waals surface area contributed by atoms with E-state index in [-0.39, 0.29) is 0 Å². The van der Waals surface area contributed by atoms with Gasteiger partial charge in [0.25, 0.3) is 0 Å². The van der Waals surface area contributed by atoms with Crippen molar-refractivity contribution < 1.29 is 0 Å². The van der Waals surface area contributed by atoms with Gasteiger partial charge in [0.15, 0.2) is 0 Å². The lowest BCUT2D eigenvalue weighted by Gasteiger charge is -2.57. The maximum absolute atomic E-state index is 3.52. The van der Waals surface area contributed by atoms with E-state index in [0.717, 1.165) is 21.7 Å². The molecule has 0 aromatic carbocycles. The van der Waals surface area contributed by atoms with Gasteiger partial charge in [-0.2, -0.15) is 0 Å². The molecule has 10 aliphatic heterocycles. The molecule has 2 N–H and O–H groups in total. The SMILES string of the molecule is CC(C)(C)N1CC2(CCCCC2)C1.CC(C)(C)N1CC2(CCCNC2)C1.CC(C)(C)N1CCC2(CCC2)CC1.CC(C)(C)N1CCC2(CCCCC2)C1.CC(C)(C)N1CCC2(CCCCC2)CC1.CC(C)(C)N1CCC2(CCNC2)CC1.CC(C)(C)N1CCCC12CCCCC2.CC(C)(C)N1CCCC2(CCCCC2)C1. The molecule has 10 heteroatoms. The van der Waals surface area contributed by atoms with Crippen molar-refractivity contribution in [1.82, 2.24) is 49.8 Å². The number of rotatable bonds is 0. The predicted molar refractivity (Wildman–Crippen MR) is 485 cm³/mol. The van der Waals surface area contributed by atoms with Gasteiger partial charge in [-0.05, 0) is 438 Å². The van der Waals surface area contributed by atoms with Gasteiger partial charge < -0.3 is 10.6 Å². The first kappa shape index (κ1) is 94.5. The molecule has 0 unspecified atom stereocenters. The predicted octanol–water partition coefficient (Wildman–Crippen LogP) is 24.1. The second kappa shape index (κ2) is 38.8. The zero-order chi connectivity index (χ0) is 81.2. The number of hydrogen-bond donors (Lipinski definition) is 2. The number of nitrogens with zero attached hydrogens (tertiary/aromatic N) is 8. The topological polar surface area (TPSA) is 50.0 Å². The molecule has 10 heterocycles. The van der Waals surface area contributed by atoms with Crippen LogP contribution in [0.4, 0.5) is 0 Å². The molecule has 8 spiro atoms. The molecule has 6 saturated carbocycles. The van der Waals surface area contributed by atoms with Crippen LogP contribution in [0.3, 0.4) is 0 Å². The van der Waals surface area contributed by atoms with Crippen LogP contribution >= 0.6 is 0 Å². The highest BCUT2D eigenvalue weighted by atomic mass is 15.3. The Hall–Kier alpha value is -0.400. The van der Waals surface area contributed by atoms with Gasteiger partial charge >= 0.3 is 0 Å². The monoisotopic (exact) mass is 1550 g/mol. The molecule has 0 aromatic rings. The highest BCUT2D eigenvalue weighted by Gasteiger charge is 2.51. The Labute approximate surface area is 693 Å². The molecule has 0 amide bonds. The first-order chi connectivity index (χ1) is 51.7. The summed E-state index contributed by atoms with van der Waals surface area (Å²) in [6.45, 7) is 81.4. The Morgan fingerprint density at radius 1 is 0.171 bits per heavy atom. The standard InChI is InChI=1S/2C14H27N.2C13H25N.C12H24N2.2C12H23N.C11H22N2/c1-13(2,3)15-11-7-10-14(12-15)8-5-4-6-9-14;1-13(2,3)15-11-9-14(10-12-15)7-5-4-6-8-14;1-12(2,3)14-11-7-10-13(14)8-5-4-6-9-13;1-12(2,3)14-10-9-13(11-14)7-5-4-6-8-13;1-11(2,3)14-8-5-12(6-9-14)4-7-13-10-12;1-11(2,3)13-9-7-12(8-10-13)5-4-6-12;1-11(2,3)13-9-12(10-13)7-5-4-6-8-12;1-10(2,3)13-8-11(9-13)5-4-6-12-7-11/h2*4-12H2,1-3H3;2*4-11H2,1-3H3;13H,4-10H2,1-3H3;2*4-10H2,1-3H3;12H,4-9H2,1-3H3. The molecule has 111 heavy (non-hydrogen) atoms. The van der Waals surface area contributed by atoms with Crippen LogP contribution in [0.2, 0.25) is 0 Å². The minimum absolute atomic E-state index is 0.369. The van der Waals surface area contributed by atoms with E-state index in [1.165, 1.54) is 394 Å². The summed E-state index contributed by atoms with van der Waals surface area (Å²) in [5.41, 5.74) is 8.77. The van der Waals surface area contributed by atoms with Crippen molar-refractivity contribution in [2.24, 2.45) is 37.9 Å². The van der Waals surface area contributed by atoms with Crippen molar-refractivity contribution in [1.29, 1.82) is 0 Å². The highest BCUT2D eigenvalue weighted by molar-refractivity contribution is 5.06. The third-order valence-corrected chi connectivity index (χ3v) is 33.5. The van der Waals surface area contributed by atoms with E-state index in [1.54, 1.807) is 0 Å². The number of hydrogen-bond acceptors (Lipinski definition) is 10. The van der Waals surface area contributed by atoms with Crippen LogP contribution in [0.15, 0.2) is 0 Å². The summed E-state index contributed by atoms with van der Waals surface area (Å²) in [7, 11) is 0. The van der Waals surface area contributed by atoms with Crippen LogP contribution in [0.25, 0.3) is 0 Å². The molecule has 16 fully saturated rings. The summed E-state index contributed by atoms with van der Waals surface area (Å²) in [5, 5.41) is 7.04. The molecule has 0 aromatic heterocycles. The number of piperidine rings is 5. The van der Waals surface area contributed by atoms with E-state index < -0.39 is 0 Å². The van der Waals surface area contributed by atoms with E-state index in [4.69, 9.17) is 0 Å². The maximum Gasteiger partial charge on any atom is 0.0215 e.